The monoisotopic (exact) mass is 424 g/mol. The molecule has 0 radical (unpaired) electrons. The summed E-state index contributed by atoms with van der Waals surface area (Å²) in [5, 5.41) is 10.7. The third-order valence-electron chi connectivity index (χ3n) is 5.75. The van der Waals surface area contributed by atoms with Gasteiger partial charge >= 0.3 is 0 Å². The number of hydrogen-bond donors (Lipinski definition) is 1. The van der Waals surface area contributed by atoms with E-state index in [0.29, 0.717) is 0 Å². The largest absolute Gasteiger partial charge is 0.508 e. The summed E-state index contributed by atoms with van der Waals surface area (Å²) in [6, 6.07) is 7.25. The van der Waals surface area contributed by atoms with Gasteiger partial charge in [-0.2, -0.15) is 0 Å². The fourth-order valence-corrected chi connectivity index (χ4v) is 6.27. The van der Waals surface area contributed by atoms with Gasteiger partial charge < -0.3 is 5.11 Å². The Kier molecular flexibility index (Phi) is 4.59. The van der Waals surface area contributed by atoms with Crippen LogP contribution in [0.5, 0.6) is 5.75 Å². The smallest absolute Gasteiger partial charge is 0.289 e. The number of hydrogen-bond acceptors (Lipinski definition) is 6. The lowest BCUT2D eigenvalue weighted by Crippen LogP contribution is -2.28. The van der Waals surface area contributed by atoms with Crippen LogP contribution in [0.2, 0.25) is 0 Å². The molecule has 1 fully saturated rings. The molecule has 1 aromatic carbocycles. The van der Waals surface area contributed by atoms with Crippen LogP contribution in [0.1, 0.15) is 34.5 Å². The molecule has 0 atom stereocenters. The lowest BCUT2D eigenvalue weighted by Gasteiger charge is -2.18. The molecule has 1 saturated heterocycles. The van der Waals surface area contributed by atoms with E-state index in [0.717, 1.165) is 51.8 Å². The SMILES string of the molecule is Cc1c(CN2C(=O)CSC2=O)nc2sc3c(c2c1-c1ccc(O)cc1)CCCC3. The van der Waals surface area contributed by atoms with Gasteiger partial charge in [-0.25, -0.2) is 4.98 Å². The summed E-state index contributed by atoms with van der Waals surface area (Å²) in [6.07, 6.45) is 4.52. The lowest BCUT2D eigenvalue weighted by atomic mass is 9.90. The molecular weight excluding hydrogens is 404 g/mol. The standard InChI is InChI=1S/C22H20N2O3S2/c1-12-16(10-24-18(26)11-28-22(24)27)23-21-20(15-4-2-3-5-17(15)29-21)19(12)13-6-8-14(25)9-7-13/h6-9,25H,2-5,10-11H2,1H3. The number of pyridine rings is 1. The van der Waals surface area contributed by atoms with Gasteiger partial charge in [0.1, 0.15) is 10.6 Å². The normalized spacial score (nSPS) is 16.7. The number of aryl methyl sites for hydroxylation is 2. The van der Waals surface area contributed by atoms with Crippen LogP contribution in [-0.4, -0.2) is 31.9 Å². The molecular formula is C22H20N2O3S2. The van der Waals surface area contributed by atoms with Crippen LogP contribution in [0, 0.1) is 6.92 Å². The highest BCUT2D eigenvalue weighted by molar-refractivity contribution is 8.14. The third-order valence-corrected chi connectivity index (χ3v) is 7.80. The Morgan fingerprint density at radius 2 is 1.90 bits per heavy atom. The molecule has 3 heterocycles. The Bertz CT molecular complexity index is 1140. The minimum Gasteiger partial charge on any atom is -0.508 e. The van der Waals surface area contributed by atoms with E-state index in [1.807, 2.05) is 19.1 Å². The number of thioether (sulfide) groups is 1. The number of thiophene rings is 1. The van der Waals surface area contributed by atoms with Gasteiger partial charge in [0.15, 0.2) is 0 Å². The predicted molar refractivity (Wildman–Crippen MR) is 117 cm³/mol. The number of aromatic nitrogens is 1. The molecule has 1 aliphatic heterocycles. The van der Waals surface area contributed by atoms with Gasteiger partial charge in [-0.3, -0.25) is 14.5 Å². The van der Waals surface area contributed by atoms with Crippen LogP contribution in [0.3, 0.4) is 0 Å². The first-order valence-electron chi connectivity index (χ1n) is 9.73. The summed E-state index contributed by atoms with van der Waals surface area (Å²) in [5.41, 5.74) is 5.28. The highest BCUT2D eigenvalue weighted by Gasteiger charge is 2.31. The van der Waals surface area contributed by atoms with Gasteiger partial charge in [0, 0.05) is 10.3 Å². The first kappa shape index (κ1) is 18.6. The van der Waals surface area contributed by atoms with Gasteiger partial charge in [0.25, 0.3) is 5.24 Å². The van der Waals surface area contributed by atoms with Crippen LogP contribution in [0.15, 0.2) is 24.3 Å². The van der Waals surface area contributed by atoms with E-state index in [9.17, 15) is 14.7 Å². The minimum absolute atomic E-state index is 0.155. The highest BCUT2D eigenvalue weighted by Crippen LogP contribution is 2.43. The Morgan fingerprint density at radius 3 is 2.62 bits per heavy atom. The van der Waals surface area contributed by atoms with Gasteiger partial charge in [0.05, 0.1) is 18.0 Å². The van der Waals surface area contributed by atoms with Gasteiger partial charge in [-0.05, 0) is 67.0 Å². The maximum absolute atomic E-state index is 12.1. The molecule has 2 amide bonds. The Labute approximate surface area is 176 Å². The Hall–Kier alpha value is -2.38. The Morgan fingerprint density at radius 1 is 1.14 bits per heavy atom. The molecule has 3 aromatic rings. The van der Waals surface area contributed by atoms with E-state index in [2.05, 4.69) is 0 Å². The van der Waals surface area contributed by atoms with Gasteiger partial charge in [-0.15, -0.1) is 11.3 Å². The fourth-order valence-electron chi connectivity index (χ4n) is 4.25. The first-order chi connectivity index (χ1) is 14.0. The summed E-state index contributed by atoms with van der Waals surface area (Å²) in [7, 11) is 0. The molecule has 2 aliphatic rings. The van der Waals surface area contributed by atoms with Crippen molar-refractivity contribution in [2.75, 3.05) is 5.75 Å². The number of phenols is 1. The Balaban J connectivity index is 1.73. The number of fused-ring (bicyclic) bond motifs is 3. The van der Waals surface area contributed by atoms with Crippen LogP contribution in [-0.2, 0) is 24.2 Å². The number of carbonyl (C=O) groups is 2. The van der Waals surface area contributed by atoms with Crippen LogP contribution in [0.25, 0.3) is 21.3 Å². The van der Waals surface area contributed by atoms with E-state index in [-0.39, 0.29) is 29.2 Å². The van der Waals surface area contributed by atoms with Crippen molar-refractivity contribution in [2.24, 2.45) is 0 Å². The average molecular weight is 425 g/mol. The van der Waals surface area contributed by atoms with Crippen molar-refractivity contribution >= 4 is 44.5 Å². The second kappa shape index (κ2) is 7.15. The lowest BCUT2D eigenvalue weighted by molar-refractivity contribution is -0.125. The van der Waals surface area contributed by atoms with Crippen molar-refractivity contribution < 1.29 is 14.7 Å². The summed E-state index contributed by atoms with van der Waals surface area (Å²) in [5.74, 6) is 0.283. The zero-order valence-electron chi connectivity index (χ0n) is 16.0. The van der Waals surface area contributed by atoms with Crippen LogP contribution in [0.4, 0.5) is 4.79 Å². The molecule has 29 heavy (non-hydrogen) atoms. The molecule has 5 rings (SSSR count). The summed E-state index contributed by atoms with van der Waals surface area (Å²) >= 11 is 2.79. The van der Waals surface area contributed by atoms with Crippen molar-refractivity contribution in [3.05, 3.63) is 46.0 Å². The third kappa shape index (κ3) is 3.13. The number of benzene rings is 1. The van der Waals surface area contributed by atoms with E-state index in [1.165, 1.54) is 33.6 Å². The molecule has 0 unspecified atom stereocenters. The molecule has 7 heteroatoms. The quantitative estimate of drug-likeness (QED) is 0.637. The number of imide groups is 1. The molecule has 148 valence electrons. The zero-order valence-corrected chi connectivity index (χ0v) is 17.7. The van der Waals surface area contributed by atoms with Crippen molar-refractivity contribution in [1.82, 2.24) is 9.88 Å². The van der Waals surface area contributed by atoms with E-state index >= 15 is 0 Å². The minimum atomic E-state index is -0.201. The van der Waals surface area contributed by atoms with Crippen molar-refractivity contribution in [3.63, 3.8) is 0 Å². The molecule has 1 N–H and O–H groups in total. The zero-order chi connectivity index (χ0) is 20.1. The van der Waals surface area contributed by atoms with Crippen molar-refractivity contribution in [1.29, 1.82) is 0 Å². The summed E-state index contributed by atoms with van der Waals surface area (Å²) in [6.45, 7) is 2.23. The topological polar surface area (TPSA) is 70.5 Å². The molecule has 5 nitrogen and oxygen atoms in total. The molecule has 0 saturated carbocycles. The van der Waals surface area contributed by atoms with Crippen LogP contribution >= 0.6 is 23.1 Å². The molecule has 2 aromatic heterocycles. The van der Waals surface area contributed by atoms with E-state index < -0.39 is 0 Å². The number of amides is 2. The first-order valence-corrected chi connectivity index (χ1v) is 11.5. The number of nitrogens with zero attached hydrogens (tertiary/aromatic N) is 2. The molecule has 0 bridgehead atoms. The average Bonchev–Trinajstić information content (AvgIpc) is 3.24. The number of aromatic hydroxyl groups is 1. The maximum atomic E-state index is 12.1. The fraction of sp³-hybridized carbons (Fsp3) is 0.318. The predicted octanol–water partition coefficient (Wildman–Crippen LogP) is 5.05. The maximum Gasteiger partial charge on any atom is 0.289 e. The number of rotatable bonds is 3. The van der Waals surface area contributed by atoms with Gasteiger partial charge in [0.2, 0.25) is 5.91 Å². The number of carbonyl (C=O) groups excluding carboxylic acids is 2. The highest BCUT2D eigenvalue weighted by atomic mass is 32.2. The number of phenolic OH excluding ortho intramolecular Hbond substituents is 1. The van der Waals surface area contributed by atoms with Crippen LogP contribution < -0.4 is 0 Å². The molecule has 1 aliphatic carbocycles. The van der Waals surface area contributed by atoms with E-state index in [4.69, 9.17) is 4.98 Å². The van der Waals surface area contributed by atoms with E-state index in [1.54, 1.807) is 23.5 Å². The molecule has 0 spiro atoms. The second-order valence-corrected chi connectivity index (χ2v) is 9.54. The summed E-state index contributed by atoms with van der Waals surface area (Å²) in [4.78, 5) is 32.9. The second-order valence-electron chi connectivity index (χ2n) is 7.53. The summed E-state index contributed by atoms with van der Waals surface area (Å²) < 4.78 is 0. The van der Waals surface area contributed by atoms with Gasteiger partial charge in [-0.1, -0.05) is 23.9 Å². The van der Waals surface area contributed by atoms with Crippen molar-refractivity contribution in [2.45, 2.75) is 39.2 Å². The van der Waals surface area contributed by atoms with Crippen molar-refractivity contribution in [3.8, 4) is 16.9 Å².